The first kappa shape index (κ1) is 24.0. The lowest BCUT2D eigenvalue weighted by Crippen LogP contribution is -2.46. The number of carbonyl (C=O) groups is 2. The van der Waals surface area contributed by atoms with Crippen molar-refractivity contribution in [1.29, 1.82) is 0 Å². The maximum absolute atomic E-state index is 13.4. The second kappa shape index (κ2) is 10.1. The Morgan fingerprint density at radius 3 is 2.18 bits per heavy atom. The lowest BCUT2D eigenvalue weighted by molar-refractivity contribution is -0.132. The quantitative estimate of drug-likeness (QED) is 0.378. The van der Waals surface area contributed by atoms with Crippen LogP contribution in [0.5, 0.6) is 0 Å². The van der Waals surface area contributed by atoms with E-state index in [9.17, 15) is 9.59 Å². The highest BCUT2D eigenvalue weighted by molar-refractivity contribution is 9.10. The van der Waals surface area contributed by atoms with Crippen molar-refractivity contribution in [3.05, 3.63) is 40.9 Å². The fraction of sp³-hybridized carbons (Fsp3) is 0.630. The molecule has 1 aromatic carbocycles. The van der Waals surface area contributed by atoms with Gasteiger partial charge in [0.25, 0.3) is 0 Å². The number of nitrogens with zero attached hydrogens (tertiary/aromatic N) is 2. The van der Waals surface area contributed by atoms with Crippen molar-refractivity contribution in [2.75, 3.05) is 51.1 Å². The molecule has 3 aliphatic carbocycles. The minimum atomic E-state index is -0.281. The lowest BCUT2D eigenvalue weighted by Gasteiger charge is -2.34. The van der Waals surface area contributed by atoms with Crippen molar-refractivity contribution >= 4 is 33.4 Å². The van der Waals surface area contributed by atoms with Crippen molar-refractivity contribution in [3.8, 4) is 0 Å². The highest BCUT2D eigenvalue weighted by Gasteiger charge is 2.69. The molecule has 1 aromatic rings. The van der Waals surface area contributed by atoms with Gasteiger partial charge in [-0.2, -0.15) is 0 Å². The summed E-state index contributed by atoms with van der Waals surface area (Å²) in [6, 6.07) is 7.64. The smallest absolute Gasteiger partial charge is 0.228 e. The summed E-state index contributed by atoms with van der Waals surface area (Å²) < 4.78 is 0.978. The van der Waals surface area contributed by atoms with Crippen molar-refractivity contribution in [2.45, 2.75) is 32.6 Å². The number of carbonyl (C=O) groups excluding carboxylic acids is 2. The molecule has 4 aliphatic rings. The van der Waals surface area contributed by atoms with E-state index in [4.69, 9.17) is 0 Å². The highest BCUT2D eigenvalue weighted by Crippen LogP contribution is 2.72. The van der Waals surface area contributed by atoms with Gasteiger partial charge in [-0.1, -0.05) is 35.0 Å². The Balaban J connectivity index is 1.14. The summed E-state index contributed by atoms with van der Waals surface area (Å²) in [4.78, 5) is 31.8. The molecule has 2 N–H and O–H groups in total. The molecule has 4 atom stereocenters. The molecule has 0 aromatic heterocycles. The van der Waals surface area contributed by atoms with E-state index < -0.39 is 0 Å². The van der Waals surface area contributed by atoms with Gasteiger partial charge in [0, 0.05) is 42.9 Å². The van der Waals surface area contributed by atoms with E-state index in [1.54, 1.807) is 0 Å². The van der Waals surface area contributed by atoms with Crippen LogP contribution in [0.15, 0.2) is 40.9 Å². The monoisotopic (exact) mass is 528 g/mol. The summed E-state index contributed by atoms with van der Waals surface area (Å²) in [5.41, 5.74) is 0.938. The summed E-state index contributed by atoms with van der Waals surface area (Å²) in [5.74, 6) is -0.1000. The third-order valence-corrected chi connectivity index (χ3v) is 9.20. The average molecular weight is 530 g/mol. The number of likely N-dealkylation sites (N-methyl/N-ethyl adjacent to an activating group) is 1. The molecule has 0 radical (unpaired) electrons. The lowest BCUT2D eigenvalue weighted by atomic mass is 9.81. The number of hydrogen-bond acceptors (Lipinski definition) is 4. The first-order valence-corrected chi connectivity index (χ1v) is 13.8. The minimum absolute atomic E-state index is 0.0168. The number of allylic oxidation sites excluding steroid dienone is 2. The predicted octanol–water partition coefficient (Wildman–Crippen LogP) is 3.75. The Kier molecular flexibility index (Phi) is 7.14. The molecule has 0 unspecified atom stereocenters. The number of halogens is 1. The fourth-order valence-corrected chi connectivity index (χ4v) is 6.85. The summed E-state index contributed by atoms with van der Waals surface area (Å²) in [7, 11) is 0. The molecule has 1 saturated heterocycles. The van der Waals surface area contributed by atoms with Crippen LogP contribution in [0.25, 0.3) is 0 Å². The topological polar surface area (TPSA) is 64.7 Å². The van der Waals surface area contributed by atoms with E-state index >= 15 is 0 Å². The van der Waals surface area contributed by atoms with Crippen LogP contribution in [0.4, 0.5) is 5.69 Å². The molecule has 184 valence electrons. The summed E-state index contributed by atoms with van der Waals surface area (Å²) in [5, 5.41) is 6.28. The number of unbranched alkanes of at least 4 members (excludes halogenated alkanes) is 1. The van der Waals surface area contributed by atoms with Gasteiger partial charge < -0.3 is 20.4 Å². The number of piperazine rings is 1. The van der Waals surface area contributed by atoms with Gasteiger partial charge in [0.2, 0.25) is 11.8 Å². The molecule has 34 heavy (non-hydrogen) atoms. The molecule has 2 saturated carbocycles. The van der Waals surface area contributed by atoms with E-state index in [1.807, 2.05) is 24.3 Å². The van der Waals surface area contributed by atoms with E-state index in [2.05, 4.69) is 55.4 Å². The zero-order valence-corrected chi connectivity index (χ0v) is 21.7. The Morgan fingerprint density at radius 1 is 0.941 bits per heavy atom. The molecular formula is C27H37BrN4O2. The first-order valence-electron chi connectivity index (χ1n) is 13.0. The van der Waals surface area contributed by atoms with Crippen molar-refractivity contribution in [1.82, 2.24) is 15.1 Å². The zero-order chi connectivity index (χ0) is 23.7. The molecule has 3 fully saturated rings. The molecule has 1 spiro atoms. The normalized spacial score (nSPS) is 29.5. The third kappa shape index (κ3) is 4.71. The Hall–Kier alpha value is -1.70. The van der Waals surface area contributed by atoms with E-state index in [-0.39, 0.29) is 40.9 Å². The average Bonchev–Trinajstić information content (AvgIpc) is 3.52. The van der Waals surface area contributed by atoms with Gasteiger partial charge in [-0.15, -0.1) is 0 Å². The van der Waals surface area contributed by atoms with Crippen molar-refractivity contribution in [3.63, 3.8) is 0 Å². The van der Waals surface area contributed by atoms with Crippen LogP contribution >= 0.6 is 15.9 Å². The number of hydrogen-bond donors (Lipinski definition) is 2. The standard InChI is InChI=1S/C27H37BrN4O2/c1-2-31-15-17-32(18-16-31)14-4-3-13-29-25(33)23-21-9-10-22(27(21)11-12-27)24(23)26(34)30-20-7-5-19(28)6-8-20/h5-10,21-24H,2-4,11-18H2,1H3,(H,29,33)(H,30,34)/t21-,22+,23-,24-/m1/s1. The van der Waals surface area contributed by atoms with Gasteiger partial charge in [0.1, 0.15) is 0 Å². The zero-order valence-electron chi connectivity index (χ0n) is 20.1. The van der Waals surface area contributed by atoms with Crippen LogP contribution in [0.3, 0.4) is 0 Å². The fourth-order valence-electron chi connectivity index (χ4n) is 6.59. The van der Waals surface area contributed by atoms with Crippen LogP contribution in [-0.2, 0) is 9.59 Å². The maximum atomic E-state index is 13.4. The number of nitrogens with one attached hydrogen (secondary N) is 2. The largest absolute Gasteiger partial charge is 0.356 e. The minimum Gasteiger partial charge on any atom is -0.356 e. The van der Waals surface area contributed by atoms with Gasteiger partial charge >= 0.3 is 0 Å². The van der Waals surface area contributed by atoms with E-state index in [1.165, 1.54) is 0 Å². The Bertz CT molecular complexity index is 921. The van der Waals surface area contributed by atoms with E-state index in [0.29, 0.717) is 6.54 Å². The molecule has 5 rings (SSSR count). The van der Waals surface area contributed by atoms with Crippen molar-refractivity contribution in [2.24, 2.45) is 29.1 Å². The SMILES string of the molecule is CCN1CCN(CCCCNC(=O)[C@H]2[C@H](C(=O)Nc3ccc(Br)cc3)[C@@H]3C=C[C@H]2C32CC2)CC1. The summed E-state index contributed by atoms with van der Waals surface area (Å²) >= 11 is 3.44. The van der Waals surface area contributed by atoms with Crippen LogP contribution in [-0.4, -0.2) is 67.4 Å². The molecule has 6 nitrogen and oxygen atoms in total. The highest BCUT2D eigenvalue weighted by atomic mass is 79.9. The molecule has 7 heteroatoms. The number of anilines is 1. The Morgan fingerprint density at radius 2 is 1.56 bits per heavy atom. The number of amides is 2. The summed E-state index contributed by atoms with van der Waals surface area (Å²) in [6.07, 6.45) is 8.78. The van der Waals surface area contributed by atoms with Gasteiger partial charge in [0.05, 0.1) is 11.8 Å². The molecule has 1 heterocycles. The van der Waals surface area contributed by atoms with Gasteiger partial charge in [-0.05, 0) is 80.3 Å². The molecular weight excluding hydrogens is 492 g/mol. The number of benzene rings is 1. The molecule has 2 bridgehead atoms. The van der Waals surface area contributed by atoms with E-state index in [0.717, 1.165) is 75.1 Å². The second-order valence-electron chi connectivity index (χ2n) is 10.5. The number of rotatable bonds is 9. The maximum Gasteiger partial charge on any atom is 0.228 e. The second-order valence-corrected chi connectivity index (χ2v) is 11.4. The first-order chi connectivity index (χ1) is 16.5. The van der Waals surface area contributed by atoms with Crippen LogP contribution in [0, 0.1) is 29.1 Å². The van der Waals surface area contributed by atoms with Crippen LogP contribution < -0.4 is 10.6 Å². The van der Waals surface area contributed by atoms with Crippen LogP contribution in [0.1, 0.15) is 32.6 Å². The third-order valence-electron chi connectivity index (χ3n) is 8.67. The van der Waals surface area contributed by atoms with Gasteiger partial charge in [-0.3, -0.25) is 9.59 Å². The van der Waals surface area contributed by atoms with Crippen molar-refractivity contribution < 1.29 is 9.59 Å². The molecule has 1 aliphatic heterocycles. The molecule has 2 amide bonds. The van der Waals surface area contributed by atoms with Crippen LogP contribution in [0.2, 0.25) is 0 Å². The van der Waals surface area contributed by atoms with Gasteiger partial charge in [0.15, 0.2) is 0 Å². The summed E-state index contributed by atoms with van der Waals surface area (Å²) in [6.45, 7) is 9.79. The van der Waals surface area contributed by atoms with Gasteiger partial charge in [-0.25, -0.2) is 0 Å². The Labute approximate surface area is 211 Å². The predicted molar refractivity (Wildman–Crippen MR) is 138 cm³/mol.